The van der Waals surface area contributed by atoms with Gasteiger partial charge >= 0.3 is 0 Å². The minimum absolute atomic E-state index is 0.335. The first-order valence-corrected chi connectivity index (χ1v) is 5.99. The predicted octanol–water partition coefficient (Wildman–Crippen LogP) is 2.16. The maximum Gasteiger partial charge on any atom is 0.169 e. The predicted molar refractivity (Wildman–Crippen MR) is 74.0 cm³/mol. The summed E-state index contributed by atoms with van der Waals surface area (Å²) >= 11 is 0. The summed E-state index contributed by atoms with van der Waals surface area (Å²) in [4.78, 5) is 1.94. The second-order valence-corrected chi connectivity index (χ2v) is 4.76. The van der Waals surface area contributed by atoms with Crippen LogP contribution in [-0.4, -0.2) is 41.0 Å². The maximum absolute atomic E-state index is 13.6. The van der Waals surface area contributed by atoms with Crippen molar-refractivity contribution in [3.8, 4) is 11.3 Å². The minimum Gasteiger partial charge on any atom is -0.304 e. The molecule has 0 aliphatic heterocycles. The smallest absolute Gasteiger partial charge is 0.169 e. The first kappa shape index (κ1) is 13.4. The lowest BCUT2D eigenvalue weighted by Crippen LogP contribution is -2.21. The summed E-state index contributed by atoms with van der Waals surface area (Å²) in [6.45, 7) is 0.583. The molecule has 0 amide bonds. The molecule has 5 heteroatoms. The van der Waals surface area contributed by atoms with Gasteiger partial charge < -0.3 is 10.3 Å². The van der Waals surface area contributed by atoms with Crippen LogP contribution in [0.3, 0.4) is 0 Å². The normalized spacial score (nSPS) is 11.0. The van der Waals surface area contributed by atoms with E-state index in [0.29, 0.717) is 18.0 Å². The molecule has 2 aromatic rings. The van der Waals surface area contributed by atoms with Gasteiger partial charge in [-0.15, -0.1) is 0 Å². The average molecular weight is 260 g/mol. The van der Waals surface area contributed by atoms with Crippen LogP contribution < -0.4 is 0 Å². The van der Waals surface area contributed by atoms with E-state index >= 15 is 0 Å². The Balaban J connectivity index is 2.26. The van der Waals surface area contributed by atoms with Crippen molar-refractivity contribution in [3.63, 3.8) is 0 Å². The number of halogens is 1. The van der Waals surface area contributed by atoms with E-state index in [-0.39, 0.29) is 5.82 Å². The third-order valence-electron chi connectivity index (χ3n) is 2.88. The van der Waals surface area contributed by atoms with Crippen molar-refractivity contribution < 1.29 is 4.39 Å². The van der Waals surface area contributed by atoms with Crippen molar-refractivity contribution in [2.24, 2.45) is 7.05 Å². The van der Waals surface area contributed by atoms with Crippen molar-refractivity contribution in [2.75, 3.05) is 20.6 Å². The van der Waals surface area contributed by atoms with Crippen LogP contribution in [0.15, 0.2) is 30.5 Å². The van der Waals surface area contributed by atoms with E-state index < -0.39 is 0 Å². The van der Waals surface area contributed by atoms with Crippen LogP contribution in [-0.2, 0) is 7.05 Å². The number of rotatable bonds is 4. The van der Waals surface area contributed by atoms with Gasteiger partial charge in [-0.3, -0.25) is 4.68 Å². The summed E-state index contributed by atoms with van der Waals surface area (Å²) in [6.07, 6.45) is 1.21. The van der Waals surface area contributed by atoms with Crippen molar-refractivity contribution in [2.45, 2.75) is 0 Å². The Kier molecular flexibility index (Phi) is 3.76. The quantitative estimate of drug-likeness (QED) is 0.856. The molecule has 0 spiro atoms. The number of benzene rings is 1. The van der Waals surface area contributed by atoms with Gasteiger partial charge in [0, 0.05) is 19.2 Å². The maximum atomic E-state index is 13.6. The molecule has 19 heavy (non-hydrogen) atoms. The molecule has 0 bridgehead atoms. The lowest BCUT2D eigenvalue weighted by molar-refractivity contribution is 0.469. The third-order valence-corrected chi connectivity index (χ3v) is 2.88. The molecular weight excluding hydrogens is 243 g/mol. The highest BCUT2D eigenvalue weighted by molar-refractivity contribution is 6.00. The number of likely N-dealkylation sites (N-methyl/N-ethyl adjacent to an activating group) is 1. The van der Waals surface area contributed by atoms with Gasteiger partial charge in [0.15, 0.2) is 5.82 Å². The summed E-state index contributed by atoms with van der Waals surface area (Å²) in [6, 6.07) is 7.32. The highest BCUT2D eigenvalue weighted by Crippen LogP contribution is 2.22. The Morgan fingerprint density at radius 3 is 2.42 bits per heavy atom. The first-order chi connectivity index (χ1) is 8.99. The Bertz CT molecular complexity index is 564. The summed E-state index contributed by atoms with van der Waals surface area (Å²) in [5.41, 5.74) is 2.62. The molecule has 1 heterocycles. The standard InChI is InChI=1S/C14H17FN4/c1-18(2)9-13(16)10-4-6-11(7-5-10)14-12(15)8-17-19(14)3/h4-8,16H,9H2,1-3H3. The molecule has 0 unspecified atom stereocenters. The number of nitrogens with one attached hydrogen (secondary N) is 1. The molecule has 0 aliphatic rings. The van der Waals surface area contributed by atoms with Crippen LogP contribution in [0, 0.1) is 11.2 Å². The second-order valence-electron chi connectivity index (χ2n) is 4.76. The van der Waals surface area contributed by atoms with Gasteiger partial charge in [0.25, 0.3) is 0 Å². The van der Waals surface area contributed by atoms with E-state index in [2.05, 4.69) is 5.10 Å². The number of aryl methyl sites for hydroxylation is 1. The van der Waals surface area contributed by atoms with E-state index in [1.807, 2.05) is 43.3 Å². The fraction of sp³-hybridized carbons (Fsp3) is 0.286. The molecule has 100 valence electrons. The van der Waals surface area contributed by atoms with Gasteiger partial charge in [0.05, 0.1) is 11.9 Å². The molecule has 0 aliphatic carbocycles. The Labute approximate surface area is 112 Å². The van der Waals surface area contributed by atoms with Gasteiger partial charge in [0.1, 0.15) is 5.69 Å². The monoisotopic (exact) mass is 260 g/mol. The number of hydrogen-bond donors (Lipinski definition) is 1. The van der Waals surface area contributed by atoms with Gasteiger partial charge in [0.2, 0.25) is 0 Å². The van der Waals surface area contributed by atoms with E-state index in [9.17, 15) is 4.39 Å². The van der Waals surface area contributed by atoms with Crippen LogP contribution in [0.25, 0.3) is 11.3 Å². The minimum atomic E-state index is -0.335. The van der Waals surface area contributed by atoms with Crippen molar-refractivity contribution in [3.05, 3.63) is 41.8 Å². The fourth-order valence-corrected chi connectivity index (χ4v) is 1.97. The third kappa shape index (κ3) is 2.88. The topological polar surface area (TPSA) is 44.9 Å². The molecule has 0 fully saturated rings. The lowest BCUT2D eigenvalue weighted by atomic mass is 10.1. The molecule has 1 aromatic heterocycles. The van der Waals surface area contributed by atoms with E-state index in [1.54, 1.807) is 7.05 Å². The highest BCUT2D eigenvalue weighted by atomic mass is 19.1. The zero-order valence-corrected chi connectivity index (χ0v) is 11.3. The van der Waals surface area contributed by atoms with Crippen LogP contribution in [0.5, 0.6) is 0 Å². The second kappa shape index (κ2) is 5.32. The van der Waals surface area contributed by atoms with Crippen LogP contribution >= 0.6 is 0 Å². The molecule has 2 rings (SSSR count). The van der Waals surface area contributed by atoms with Crippen LogP contribution in [0.2, 0.25) is 0 Å². The number of hydrogen-bond acceptors (Lipinski definition) is 3. The van der Waals surface area contributed by atoms with Crippen molar-refractivity contribution >= 4 is 5.71 Å². The van der Waals surface area contributed by atoms with E-state index in [1.165, 1.54) is 10.9 Å². The molecule has 0 radical (unpaired) electrons. The summed E-state index contributed by atoms with van der Waals surface area (Å²) < 4.78 is 15.1. The average Bonchev–Trinajstić information content (AvgIpc) is 2.68. The van der Waals surface area contributed by atoms with Crippen LogP contribution in [0.4, 0.5) is 4.39 Å². The van der Waals surface area contributed by atoms with Crippen molar-refractivity contribution in [1.29, 1.82) is 5.41 Å². The molecule has 1 N–H and O–H groups in total. The summed E-state index contributed by atoms with van der Waals surface area (Å²) in [7, 11) is 5.56. The Morgan fingerprint density at radius 1 is 1.32 bits per heavy atom. The molecule has 0 saturated carbocycles. The van der Waals surface area contributed by atoms with Crippen molar-refractivity contribution in [1.82, 2.24) is 14.7 Å². The van der Waals surface area contributed by atoms with Gasteiger partial charge in [-0.2, -0.15) is 5.10 Å². The molecule has 0 saturated heterocycles. The zero-order chi connectivity index (χ0) is 14.0. The first-order valence-electron chi connectivity index (χ1n) is 5.99. The Hall–Kier alpha value is -2.01. The van der Waals surface area contributed by atoms with Gasteiger partial charge in [-0.25, -0.2) is 4.39 Å². The fourth-order valence-electron chi connectivity index (χ4n) is 1.97. The molecule has 0 atom stereocenters. The number of aromatic nitrogens is 2. The Morgan fingerprint density at radius 2 is 1.95 bits per heavy atom. The molecular formula is C14H17FN4. The van der Waals surface area contributed by atoms with E-state index in [0.717, 1.165) is 11.1 Å². The molecule has 4 nitrogen and oxygen atoms in total. The van der Waals surface area contributed by atoms with E-state index in [4.69, 9.17) is 5.41 Å². The largest absolute Gasteiger partial charge is 0.304 e. The van der Waals surface area contributed by atoms with Gasteiger partial charge in [-0.1, -0.05) is 24.3 Å². The lowest BCUT2D eigenvalue weighted by Gasteiger charge is -2.11. The summed E-state index contributed by atoms with van der Waals surface area (Å²) in [5, 5.41) is 11.8. The van der Waals surface area contributed by atoms with Gasteiger partial charge in [-0.05, 0) is 19.7 Å². The molecule has 1 aromatic carbocycles. The highest BCUT2D eigenvalue weighted by Gasteiger charge is 2.11. The zero-order valence-electron chi connectivity index (χ0n) is 11.3. The summed E-state index contributed by atoms with van der Waals surface area (Å²) in [5.74, 6) is -0.335. The van der Waals surface area contributed by atoms with Crippen LogP contribution in [0.1, 0.15) is 5.56 Å². The SMILES string of the molecule is CN(C)CC(=N)c1ccc(-c2c(F)cnn2C)cc1. The number of nitrogens with zero attached hydrogens (tertiary/aromatic N) is 3.